The van der Waals surface area contributed by atoms with E-state index in [4.69, 9.17) is 0 Å². The molecule has 1 aromatic heterocycles. The highest BCUT2D eigenvalue weighted by molar-refractivity contribution is 5.93. The van der Waals surface area contributed by atoms with Gasteiger partial charge in [-0.05, 0) is 32.6 Å². The van der Waals surface area contributed by atoms with Gasteiger partial charge in [0, 0.05) is 44.5 Å². The van der Waals surface area contributed by atoms with Gasteiger partial charge < -0.3 is 24.4 Å². The van der Waals surface area contributed by atoms with Crippen molar-refractivity contribution >= 4 is 12.0 Å². The van der Waals surface area contributed by atoms with Gasteiger partial charge in [-0.15, -0.1) is 0 Å². The number of hydrogen-bond acceptors (Lipinski definition) is 5. The third-order valence-electron chi connectivity index (χ3n) is 6.42. The highest BCUT2D eigenvalue weighted by Crippen LogP contribution is 2.39. The molecule has 11 heteroatoms. The van der Waals surface area contributed by atoms with Crippen LogP contribution in [-0.2, 0) is 17.8 Å². The average molecular weight is 429 g/mol. The molecule has 4 heterocycles. The molecule has 2 fully saturated rings. The van der Waals surface area contributed by atoms with Crippen LogP contribution in [0.3, 0.4) is 0 Å². The minimum absolute atomic E-state index is 0.115. The van der Waals surface area contributed by atoms with Crippen molar-refractivity contribution in [2.24, 2.45) is 0 Å². The van der Waals surface area contributed by atoms with E-state index >= 15 is 0 Å². The van der Waals surface area contributed by atoms with Gasteiger partial charge >= 0.3 is 12.3 Å². The zero-order chi connectivity index (χ0) is 21.5. The van der Waals surface area contributed by atoms with E-state index in [2.05, 4.69) is 15.0 Å². The number of halogens is 3. The number of rotatable bonds is 2. The Hall–Kier alpha value is -2.30. The maximum atomic E-state index is 13.2. The summed E-state index contributed by atoms with van der Waals surface area (Å²) < 4.78 is 44.5. The Bertz CT molecular complexity index is 793. The molecule has 1 spiro atoms. The van der Waals surface area contributed by atoms with E-state index in [0.29, 0.717) is 31.6 Å². The number of hydrogen-bond donors (Lipinski definition) is 1. The molecule has 0 bridgehead atoms. The van der Waals surface area contributed by atoms with Crippen LogP contribution in [0.2, 0.25) is 0 Å². The van der Waals surface area contributed by atoms with Crippen LogP contribution in [0, 0.1) is 0 Å². The van der Waals surface area contributed by atoms with Gasteiger partial charge in [0.2, 0.25) is 0 Å². The Balaban J connectivity index is 1.41. The van der Waals surface area contributed by atoms with Crippen LogP contribution in [0.1, 0.15) is 48.9 Å². The molecule has 1 atom stereocenters. The third-order valence-corrected chi connectivity index (χ3v) is 6.42. The van der Waals surface area contributed by atoms with E-state index in [1.54, 1.807) is 6.20 Å². The van der Waals surface area contributed by atoms with E-state index in [0.717, 1.165) is 38.7 Å². The summed E-state index contributed by atoms with van der Waals surface area (Å²) in [5.74, 6) is 0.727. The number of carbonyl (C=O) groups is 2. The maximum absolute atomic E-state index is 13.2. The molecule has 3 aliphatic rings. The van der Waals surface area contributed by atoms with Crippen molar-refractivity contribution in [3.63, 3.8) is 0 Å². The Morgan fingerprint density at radius 3 is 2.60 bits per heavy atom. The summed E-state index contributed by atoms with van der Waals surface area (Å²) in [6.07, 6.45) is -3.18. The number of amides is 2. The molecule has 1 aromatic rings. The molecule has 8 nitrogen and oxygen atoms in total. The fraction of sp³-hybridized carbons (Fsp3) is 0.737. The third kappa shape index (κ3) is 3.86. The molecule has 0 aliphatic carbocycles. The number of fused-ring (bicyclic) bond motifs is 1. The minimum atomic E-state index is -4.58. The summed E-state index contributed by atoms with van der Waals surface area (Å²) in [5, 5.41) is 3.23. The van der Waals surface area contributed by atoms with Crippen LogP contribution in [0.5, 0.6) is 0 Å². The first kappa shape index (κ1) is 21.0. The van der Waals surface area contributed by atoms with E-state index < -0.39 is 18.4 Å². The summed E-state index contributed by atoms with van der Waals surface area (Å²) >= 11 is 0. The van der Waals surface area contributed by atoms with Crippen LogP contribution in [0.4, 0.5) is 18.0 Å². The first-order valence-corrected chi connectivity index (χ1v) is 10.3. The zero-order valence-corrected chi connectivity index (χ0v) is 16.9. The minimum Gasteiger partial charge on any atom is -0.437 e. The number of likely N-dealkylation sites (tertiary alicyclic amines) is 2. The molecule has 30 heavy (non-hydrogen) atoms. The van der Waals surface area contributed by atoms with Crippen molar-refractivity contribution in [3.8, 4) is 0 Å². The van der Waals surface area contributed by atoms with Gasteiger partial charge in [0.15, 0.2) is 6.10 Å². The second kappa shape index (κ2) is 7.75. The average Bonchev–Trinajstić information content (AvgIpc) is 3.31. The van der Waals surface area contributed by atoms with E-state index in [1.807, 2.05) is 9.47 Å². The number of imidazole rings is 1. The quantitative estimate of drug-likeness (QED) is 0.779. The Morgan fingerprint density at radius 1 is 1.20 bits per heavy atom. The molecule has 3 aliphatic heterocycles. The SMILES string of the molecule is CC(OC(=O)N1CCC2(CCCN2C(=O)c2cn3c(n2)CNCC3)CC1)C(F)(F)F. The molecule has 2 amide bonds. The standard InChI is InChI=1S/C19H26F3N5O3/c1-13(19(20,21)22)30-17(29)25-8-4-18(5-9-25)3-2-7-27(18)16(28)14-12-26-10-6-23-11-15(26)24-14/h12-13,23H,2-11H2,1H3. The number of carbonyl (C=O) groups excluding carboxylic acids is 2. The molecular formula is C19H26F3N5O3. The van der Waals surface area contributed by atoms with Crippen LogP contribution >= 0.6 is 0 Å². The largest absolute Gasteiger partial charge is 0.437 e. The van der Waals surface area contributed by atoms with Crippen LogP contribution in [0.25, 0.3) is 0 Å². The first-order chi connectivity index (χ1) is 14.2. The van der Waals surface area contributed by atoms with E-state index in [1.165, 1.54) is 4.90 Å². The van der Waals surface area contributed by atoms with Crippen molar-refractivity contribution < 1.29 is 27.5 Å². The monoisotopic (exact) mass is 429 g/mol. The van der Waals surface area contributed by atoms with Crippen LogP contribution in [-0.4, -0.2) is 75.3 Å². The zero-order valence-electron chi connectivity index (χ0n) is 16.9. The number of alkyl halides is 3. The van der Waals surface area contributed by atoms with Gasteiger partial charge in [0.1, 0.15) is 11.5 Å². The number of piperidine rings is 1. The summed E-state index contributed by atoms with van der Waals surface area (Å²) in [6.45, 7) is 4.20. The number of ether oxygens (including phenoxy) is 1. The van der Waals surface area contributed by atoms with Crippen LogP contribution in [0.15, 0.2) is 6.20 Å². The lowest BCUT2D eigenvalue weighted by Gasteiger charge is -2.44. The lowest BCUT2D eigenvalue weighted by molar-refractivity contribution is -0.200. The molecule has 4 rings (SSSR count). The fourth-order valence-electron chi connectivity index (χ4n) is 4.60. The smallest absolute Gasteiger partial charge is 0.425 e. The predicted molar refractivity (Wildman–Crippen MR) is 99.7 cm³/mol. The lowest BCUT2D eigenvalue weighted by Crippen LogP contribution is -2.55. The van der Waals surface area contributed by atoms with Crippen LogP contribution < -0.4 is 5.32 Å². The lowest BCUT2D eigenvalue weighted by atomic mass is 9.85. The summed E-state index contributed by atoms with van der Waals surface area (Å²) in [5.41, 5.74) is 0.0436. The number of aromatic nitrogens is 2. The van der Waals surface area contributed by atoms with Gasteiger partial charge in [-0.3, -0.25) is 4.79 Å². The van der Waals surface area contributed by atoms with E-state index in [9.17, 15) is 22.8 Å². The Morgan fingerprint density at radius 2 is 1.93 bits per heavy atom. The van der Waals surface area contributed by atoms with Gasteiger partial charge in [-0.2, -0.15) is 13.2 Å². The maximum Gasteiger partial charge on any atom is 0.425 e. The molecule has 0 aromatic carbocycles. The van der Waals surface area contributed by atoms with Crippen molar-refractivity contribution in [2.75, 3.05) is 26.2 Å². The molecule has 0 radical (unpaired) electrons. The summed E-state index contributed by atoms with van der Waals surface area (Å²) in [6, 6.07) is 0. The number of nitrogens with one attached hydrogen (secondary N) is 1. The van der Waals surface area contributed by atoms with Gasteiger partial charge in [0.05, 0.1) is 6.54 Å². The second-order valence-corrected chi connectivity index (χ2v) is 8.25. The van der Waals surface area contributed by atoms with Crippen molar-refractivity contribution in [2.45, 2.75) is 63.5 Å². The van der Waals surface area contributed by atoms with Gasteiger partial charge in [0.25, 0.3) is 5.91 Å². The summed E-state index contributed by atoms with van der Waals surface area (Å²) in [7, 11) is 0. The fourth-order valence-corrected chi connectivity index (χ4v) is 4.60. The van der Waals surface area contributed by atoms with Crippen molar-refractivity contribution in [1.82, 2.24) is 24.7 Å². The first-order valence-electron chi connectivity index (χ1n) is 10.3. The number of nitrogens with zero attached hydrogens (tertiary/aromatic N) is 4. The van der Waals surface area contributed by atoms with Crippen molar-refractivity contribution in [3.05, 3.63) is 17.7 Å². The van der Waals surface area contributed by atoms with E-state index in [-0.39, 0.29) is 24.5 Å². The molecular weight excluding hydrogens is 403 g/mol. The topological polar surface area (TPSA) is 79.7 Å². The Labute approximate surface area is 172 Å². The predicted octanol–water partition coefficient (Wildman–Crippen LogP) is 2.14. The molecule has 0 saturated carbocycles. The van der Waals surface area contributed by atoms with Crippen molar-refractivity contribution in [1.29, 1.82) is 0 Å². The highest BCUT2D eigenvalue weighted by atomic mass is 19.4. The summed E-state index contributed by atoms with van der Waals surface area (Å²) in [4.78, 5) is 33.0. The Kier molecular flexibility index (Phi) is 5.41. The van der Waals surface area contributed by atoms with Gasteiger partial charge in [-0.1, -0.05) is 0 Å². The highest BCUT2D eigenvalue weighted by Gasteiger charge is 2.47. The molecule has 1 N–H and O–H groups in total. The second-order valence-electron chi connectivity index (χ2n) is 8.25. The molecule has 1 unspecified atom stereocenters. The molecule has 166 valence electrons. The normalized spacial score (nSPS) is 22.1. The molecule has 2 saturated heterocycles. The van der Waals surface area contributed by atoms with Gasteiger partial charge in [-0.25, -0.2) is 9.78 Å².